The fourth-order valence-corrected chi connectivity index (χ4v) is 1.95. The lowest BCUT2D eigenvalue weighted by molar-refractivity contribution is 0.0978. The Kier molecular flexibility index (Phi) is 3.02. The lowest BCUT2D eigenvalue weighted by atomic mass is 10.1. The van der Waals surface area contributed by atoms with E-state index in [4.69, 9.17) is 0 Å². The Hall–Kier alpha value is -0.630. The summed E-state index contributed by atoms with van der Waals surface area (Å²) in [5.74, 6) is 1.12. The van der Waals surface area contributed by atoms with Gasteiger partial charge in [0.2, 0.25) is 0 Å². The summed E-state index contributed by atoms with van der Waals surface area (Å²) >= 11 is 3.37. The van der Waals surface area contributed by atoms with Crippen molar-refractivity contribution in [2.75, 3.05) is 0 Å². The molecule has 0 radical (unpaired) electrons. The molecule has 0 spiro atoms. The summed E-state index contributed by atoms with van der Waals surface area (Å²) in [5, 5.41) is 0. The molecule has 74 valence electrons. The highest BCUT2D eigenvalue weighted by molar-refractivity contribution is 9.10. The molecule has 0 saturated heterocycles. The van der Waals surface area contributed by atoms with Gasteiger partial charge in [0.05, 0.1) is 0 Å². The molecule has 2 heteroatoms. The van der Waals surface area contributed by atoms with Gasteiger partial charge in [-0.05, 0) is 24.5 Å². The van der Waals surface area contributed by atoms with E-state index in [0.717, 1.165) is 22.4 Å². The summed E-state index contributed by atoms with van der Waals surface area (Å²) in [7, 11) is 0. The molecule has 0 bridgehead atoms. The van der Waals surface area contributed by atoms with E-state index in [-0.39, 0.29) is 5.78 Å². The van der Waals surface area contributed by atoms with Crippen molar-refractivity contribution < 1.29 is 4.79 Å². The summed E-state index contributed by atoms with van der Waals surface area (Å²) in [4.78, 5) is 11.7. The number of hydrogen-bond donors (Lipinski definition) is 0. The zero-order chi connectivity index (χ0) is 9.97. The van der Waals surface area contributed by atoms with E-state index in [1.165, 1.54) is 12.8 Å². The van der Waals surface area contributed by atoms with Gasteiger partial charge in [-0.15, -0.1) is 0 Å². The molecule has 0 N–H and O–H groups in total. The first kappa shape index (κ1) is 9.91. The van der Waals surface area contributed by atoms with Crippen molar-refractivity contribution in [3.8, 4) is 0 Å². The van der Waals surface area contributed by atoms with E-state index in [1.54, 1.807) is 0 Å². The van der Waals surface area contributed by atoms with Gasteiger partial charge in [-0.1, -0.05) is 40.9 Å². The predicted octanol–water partition coefficient (Wildman–Crippen LogP) is 3.82. The van der Waals surface area contributed by atoms with Crippen LogP contribution in [0.2, 0.25) is 0 Å². The molecule has 1 aliphatic carbocycles. The maximum absolute atomic E-state index is 11.7. The van der Waals surface area contributed by atoms with Gasteiger partial charge in [0, 0.05) is 16.5 Å². The normalized spacial score (nSPS) is 15.5. The van der Waals surface area contributed by atoms with Gasteiger partial charge in [-0.25, -0.2) is 0 Å². The summed E-state index contributed by atoms with van der Waals surface area (Å²) in [5.41, 5.74) is 0.833. The fraction of sp³-hybridized carbons (Fsp3) is 0.417. The maximum atomic E-state index is 11.7. The summed E-state index contributed by atoms with van der Waals surface area (Å²) in [6.07, 6.45) is 4.43. The van der Waals surface area contributed by atoms with E-state index in [2.05, 4.69) is 15.9 Å². The van der Waals surface area contributed by atoms with Crippen molar-refractivity contribution in [1.82, 2.24) is 0 Å². The van der Waals surface area contributed by atoms with Gasteiger partial charge in [0.15, 0.2) is 5.78 Å². The van der Waals surface area contributed by atoms with Crippen LogP contribution in [0.5, 0.6) is 0 Å². The van der Waals surface area contributed by atoms with E-state index in [1.807, 2.05) is 24.3 Å². The Balaban J connectivity index is 1.95. The Morgan fingerprint density at radius 3 is 2.86 bits per heavy atom. The fourth-order valence-electron chi connectivity index (χ4n) is 1.55. The van der Waals surface area contributed by atoms with Crippen LogP contribution in [0.3, 0.4) is 0 Å². The minimum Gasteiger partial charge on any atom is -0.294 e. The molecule has 0 amide bonds. The third-order valence-electron chi connectivity index (χ3n) is 2.62. The Bertz CT molecular complexity index is 342. The predicted molar refractivity (Wildman–Crippen MR) is 60.4 cm³/mol. The average Bonchev–Trinajstić information content (AvgIpc) is 2.97. The monoisotopic (exact) mass is 252 g/mol. The number of carbonyl (C=O) groups is 1. The second-order valence-corrected chi connectivity index (χ2v) is 4.83. The van der Waals surface area contributed by atoms with Crippen LogP contribution in [0.4, 0.5) is 0 Å². The van der Waals surface area contributed by atoms with Crippen LogP contribution in [0.1, 0.15) is 36.0 Å². The van der Waals surface area contributed by atoms with E-state index in [0.29, 0.717) is 6.42 Å². The largest absolute Gasteiger partial charge is 0.294 e. The number of rotatable bonds is 4. The van der Waals surface area contributed by atoms with Crippen LogP contribution < -0.4 is 0 Å². The van der Waals surface area contributed by atoms with Gasteiger partial charge in [0.25, 0.3) is 0 Å². The molecule has 0 atom stereocenters. The van der Waals surface area contributed by atoms with Crippen molar-refractivity contribution in [3.05, 3.63) is 34.3 Å². The van der Waals surface area contributed by atoms with Gasteiger partial charge in [-0.3, -0.25) is 4.79 Å². The van der Waals surface area contributed by atoms with Gasteiger partial charge in [-0.2, -0.15) is 0 Å². The summed E-state index contributed by atoms with van der Waals surface area (Å²) < 4.78 is 0.981. The molecule has 2 rings (SSSR count). The van der Waals surface area contributed by atoms with E-state index >= 15 is 0 Å². The standard InChI is InChI=1S/C12H13BrO/c13-11-3-1-2-10(8-11)12(14)7-6-9-4-5-9/h1-3,8-9H,4-7H2. The van der Waals surface area contributed by atoms with E-state index < -0.39 is 0 Å². The van der Waals surface area contributed by atoms with Crippen LogP contribution in [0, 0.1) is 5.92 Å². The first-order valence-electron chi connectivity index (χ1n) is 5.04. The molecule has 14 heavy (non-hydrogen) atoms. The van der Waals surface area contributed by atoms with Gasteiger partial charge >= 0.3 is 0 Å². The Labute approximate surface area is 92.6 Å². The number of ketones is 1. The first-order valence-corrected chi connectivity index (χ1v) is 5.84. The number of benzene rings is 1. The van der Waals surface area contributed by atoms with Crippen LogP contribution in [0.25, 0.3) is 0 Å². The number of Topliss-reactive ketones (excluding diaryl/α,β-unsaturated/α-hetero) is 1. The SMILES string of the molecule is O=C(CCC1CC1)c1cccc(Br)c1. The van der Waals surface area contributed by atoms with Crippen molar-refractivity contribution in [3.63, 3.8) is 0 Å². The lowest BCUT2D eigenvalue weighted by Crippen LogP contribution is -1.99. The zero-order valence-corrected chi connectivity index (χ0v) is 9.59. The van der Waals surface area contributed by atoms with Crippen LogP contribution >= 0.6 is 15.9 Å². The molecular formula is C12H13BrO. The second kappa shape index (κ2) is 4.26. The average molecular weight is 253 g/mol. The number of carbonyl (C=O) groups excluding carboxylic acids is 1. The molecule has 1 aromatic rings. The molecule has 0 aliphatic heterocycles. The zero-order valence-electron chi connectivity index (χ0n) is 8.00. The van der Waals surface area contributed by atoms with Crippen molar-refractivity contribution in [1.29, 1.82) is 0 Å². The highest BCUT2D eigenvalue weighted by atomic mass is 79.9. The highest BCUT2D eigenvalue weighted by Gasteiger charge is 2.22. The molecule has 0 heterocycles. The Morgan fingerprint density at radius 2 is 2.21 bits per heavy atom. The van der Waals surface area contributed by atoms with Crippen LogP contribution in [0.15, 0.2) is 28.7 Å². The molecule has 1 saturated carbocycles. The summed E-state index contributed by atoms with van der Waals surface area (Å²) in [6, 6.07) is 7.64. The third kappa shape index (κ3) is 2.68. The van der Waals surface area contributed by atoms with Gasteiger partial charge < -0.3 is 0 Å². The third-order valence-corrected chi connectivity index (χ3v) is 3.12. The minimum atomic E-state index is 0.276. The van der Waals surface area contributed by atoms with Crippen molar-refractivity contribution in [2.45, 2.75) is 25.7 Å². The molecule has 1 aliphatic rings. The molecule has 1 fully saturated rings. The molecule has 0 unspecified atom stereocenters. The molecule has 0 aromatic heterocycles. The van der Waals surface area contributed by atoms with Crippen molar-refractivity contribution >= 4 is 21.7 Å². The van der Waals surface area contributed by atoms with Crippen LogP contribution in [-0.4, -0.2) is 5.78 Å². The van der Waals surface area contributed by atoms with Gasteiger partial charge in [0.1, 0.15) is 0 Å². The smallest absolute Gasteiger partial charge is 0.162 e. The molecule has 1 nitrogen and oxygen atoms in total. The Morgan fingerprint density at radius 1 is 1.43 bits per heavy atom. The lowest BCUT2D eigenvalue weighted by Gasteiger charge is -2.00. The first-order chi connectivity index (χ1) is 6.75. The van der Waals surface area contributed by atoms with Crippen molar-refractivity contribution in [2.24, 2.45) is 5.92 Å². The minimum absolute atomic E-state index is 0.276. The number of hydrogen-bond acceptors (Lipinski definition) is 1. The van der Waals surface area contributed by atoms with Crippen LogP contribution in [-0.2, 0) is 0 Å². The molecular weight excluding hydrogens is 240 g/mol. The molecule has 1 aromatic carbocycles. The topological polar surface area (TPSA) is 17.1 Å². The second-order valence-electron chi connectivity index (χ2n) is 3.92. The summed E-state index contributed by atoms with van der Waals surface area (Å²) in [6.45, 7) is 0. The maximum Gasteiger partial charge on any atom is 0.162 e. The highest BCUT2D eigenvalue weighted by Crippen LogP contribution is 2.33. The van der Waals surface area contributed by atoms with E-state index in [9.17, 15) is 4.79 Å². The quantitative estimate of drug-likeness (QED) is 0.745. The number of halogens is 1.